The zero-order valence-electron chi connectivity index (χ0n) is 13.1. The maximum Gasteiger partial charge on any atom is 0.151 e. The zero-order valence-corrected chi connectivity index (χ0v) is 13.1. The lowest BCUT2D eigenvalue weighted by Crippen LogP contribution is -2.28. The Labute approximate surface area is 126 Å². The van der Waals surface area contributed by atoms with E-state index in [0.29, 0.717) is 6.04 Å². The van der Waals surface area contributed by atoms with E-state index in [0.717, 1.165) is 57.3 Å². The standard InChI is InChI=1S/C15H27N3O3/c1-19-8-3-6-18(7-9-20-2)12-15-10-14(17-21-15)11-16-13-4-5-13/h10,13,16H,3-9,11-12H2,1-2H3. The van der Waals surface area contributed by atoms with Crippen molar-refractivity contribution in [3.63, 3.8) is 0 Å². The number of hydrogen-bond acceptors (Lipinski definition) is 6. The fourth-order valence-corrected chi connectivity index (χ4v) is 2.19. The monoisotopic (exact) mass is 297 g/mol. The number of nitrogens with one attached hydrogen (secondary N) is 1. The molecule has 1 aromatic rings. The molecule has 6 nitrogen and oxygen atoms in total. The van der Waals surface area contributed by atoms with Crippen LogP contribution < -0.4 is 5.32 Å². The van der Waals surface area contributed by atoms with Gasteiger partial charge in [-0.15, -0.1) is 0 Å². The summed E-state index contributed by atoms with van der Waals surface area (Å²) < 4.78 is 15.7. The van der Waals surface area contributed by atoms with Crippen LogP contribution in [0.25, 0.3) is 0 Å². The van der Waals surface area contributed by atoms with Gasteiger partial charge in [0.05, 0.1) is 18.8 Å². The van der Waals surface area contributed by atoms with E-state index in [-0.39, 0.29) is 0 Å². The average molecular weight is 297 g/mol. The fourth-order valence-electron chi connectivity index (χ4n) is 2.19. The molecule has 0 spiro atoms. The van der Waals surface area contributed by atoms with Gasteiger partial charge in [-0.2, -0.15) is 0 Å². The molecule has 0 aromatic carbocycles. The maximum atomic E-state index is 5.43. The van der Waals surface area contributed by atoms with Crippen LogP contribution in [0.1, 0.15) is 30.7 Å². The molecule has 0 aliphatic heterocycles. The molecule has 1 aliphatic carbocycles. The van der Waals surface area contributed by atoms with Crippen LogP contribution in [0.4, 0.5) is 0 Å². The summed E-state index contributed by atoms with van der Waals surface area (Å²) in [4.78, 5) is 2.31. The largest absolute Gasteiger partial charge is 0.385 e. The molecule has 1 N–H and O–H groups in total. The molecule has 0 bridgehead atoms. The quantitative estimate of drug-likeness (QED) is 0.589. The van der Waals surface area contributed by atoms with E-state index < -0.39 is 0 Å². The van der Waals surface area contributed by atoms with Gasteiger partial charge in [0.15, 0.2) is 5.76 Å². The van der Waals surface area contributed by atoms with Gasteiger partial charge in [-0.05, 0) is 19.3 Å². The van der Waals surface area contributed by atoms with Crippen molar-refractivity contribution in [2.75, 3.05) is 40.5 Å². The summed E-state index contributed by atoms with van der Waals surface area (Å²) in [6.45, 7) is 4.91. The molecule has 1 fully saturated rings. The molecule has 0 amide bonds. The third-order valence-corrected chi connectivity index (χ3v) is 3.57. The molecular formula is C15H27N3O3. The lowest BCUT2D eigenvalue weighted by atomic mass is 10.3. The molecule has 0 atom stereocenters. The van der Waals surface area contributed by atoms with Gasteiger partial charge in [0.25, 0.3) is 0 Å². The fraction of sp³-hybridized carbons (Fsp3) is 0.800. The SMILES string of the molecule is COCCCN(CCOC)Cc1cc(CNC2CC2)no1. The van der Waals surface area contributed by atoms with Crippen molar-refractivity contribution in [2.45, 2.75) is 38.4 Å². The summed E-state index contributed by atoms with van der Waals surface area (Å²) >= 11 is 0. The lowest BCUT2D eigenvalue weighted by Gasteiger charge is -2.20. The molecule has 21 heavy (non-hydrogen) atoms. The van der Waals surface area contributed by atoms with Crippen LogP contribution in [0.2, 0.25) is 0 Å². The smallest absolute Gasteiger partial charge is 0.151 e. The Bertz CT molecular complexity index is 393. The van der Waals surface area contributed by atoms with E-state index in [2.05, 4.69) is 15.4 Å². The van der Waals surface area contributed by atoms with Crippen LogP contribution in [0.3, 0.4) is 0 Å². The van der Waals surface area contributed by atoms with E-state index in [1.165, 1.54) is 12.8 Å². The molecule has 0 unspecified atom stereocenters. The first-order valence-corrected chi connectivity index (χ1v) is 7.70. The molecule has 1 aliphatic rings. The van der Waals surface area contributed by atoms with Crippen LogP contribution >= 0.6 is 0 Å². The highest BCUT2D eigenvalue weighted by atomic mass is 16.5. The number of aromatic nitrogens is 1. The van der Waals surface area contributed by atoms with Crippen LogP contribution in [0.5, 0.6) is 0 Å². The van der Waals surface area contributed by atoms with Crippen molar-refractivity contribution in [1.82, 2.24) is 15.4 Å². The van der Waals surface area contributed by atoms with E-state index in [1.807, 2.05) is 6.07 Å². The molecule has 2 rings (SSSR count). The summed E-state index contributed by atoms with van der Waals surface area (Å²) in [5, 5.41) is 7.57. The van der Waals surface area contributed by atoms with Crippen LogP contribution in [0.15, 0.2) is 10.6 Å². The Hall–Kier alpha value is -0.950. The number of ether oxygens (including phenoxy) is 2. The first kappa shape index (κ1) is 16.4. The second kappa shape index (κ2) is 9.15. The molecule has 1 heterocycles. The Morgan fingerprint density at radius 2 is 2.10 bits per heavy atom. The number of methoxy groups -OCH3 is 2. The highest BCUT2D eigenvalue weighted by molar-refractivity contribution is 5.05. The molecule has 1 aromatic heterocycles. The summed E-state index contributed by atoms with van der Waals surface area (Å²) in [5.74, 6) is 0.913. The number of nitrogens with zero attached hydrogens (tertiary/aromatic N) is 2. The minimum absolute atomic E-state index is 0.692. The maximum absolute atomic E-state index is 5.43. The van der Waals surface area contributed by atoms with Crippen LogP contribution in [-0.4, -0.2) is 56.6 Å². The molecule has 0 saturated heterocycles. The normalized spacial score (nSPS) is 15.0. The zero-order chi connectivity index (χ0) is 14.9. The molecule has 6 heteroatoms. The Kier molecular flexibility index (Phi) is 7.15. The van der Waals surface area contributed by atoms with Crippen molar-refractivity contribution >= 4 is 0 Å². The Morgan fingerprint density at radius 3 is 2.81 bits per heavy atom. The highest BCUT2D eigenvalue weighted by Crippen LogP contribution is 2.19. The van der Waals surface area contributed by atoms with Crippen LogP contribution in [-0.2, 0) is 22.6 Å². The number of hydrogen-bond donors (Lipinski definition) is 1. The first-order chi connectivity index (χ1) is 10.3. The van der Waals surface area contributed by atoms with Gasteiger partial charge in [-0.3, -0.25) is 4.90 Å². The van der Waals surface area contributed by atoms with Gasteiger partial charge in [0.1, 0.15) is 0 Å². The summed E-state index contributed by atoms with van der Waals surface area (Å²) in [6.07, 6.45) is 3.58. The second-order valence-electron chi connectivity index (χ2n) is 5.56. The molecule has 1 saturated carbocycles. The predicted molar refractivity (Wildman–Crippen MR) is 80.0 cm³/mol. The summed E-state index contributed by atoms with van der Waals surface area (Å²) in [6, 6.07) is 2.74. The van der Waals surface area contributed by atoms with Crippen molar-refractivity contribution < 1.29 is 14.0 Å². The van der Waals surface area contributed by atoms with Crippen molar-refractivity contribution in [1.29, 1.82) is 0 Å². The van der Waals surface area contributed by atoms with Crippen molar-refractivity contribution in [3.8, 4) is 0 Å². The van der Waals surface area contributed by atoms with Gasteiger partial charge in [-0.1, -0.05) is 5.16 Å². The minimum Gasteiger partial charge on any atom is -0.385 e. The Balaban J connectivity index is 1.76. The highest BCUT2D eigenvalue weighted by Gasteiger charge is 2.20. The average Bonchev–Trinajstić information content (AvgIpc) is 3.22. The lowest BCUT2D eigenvalue weighted by molar-refractivity contribution is 0.123. The first-order valence-electron chi connectivity index (χ1n) is 7.70. The molecule has 0 radical (unpaired) electrons. The summed E-state index contributed by atoms with van der Waals surface area (Å²) in [5.41, 5.74) is 0.987. The Morgan fingerprint density at radius 1 is 1.29 bits per heavy atom. The van der Waals surface area contributed by atoms with Gasteiger partial charge >= 0.3 is 0 Å². The third kappa shape index (κ3) is 6.56. The third-order valence-electron chi connectivity index (χ3n) is 3.57. The van der Waals surface area contributed by atoms with E-state index in [9.17, 15) is 0 Å². The van der Waals surface area contributed by atoms with Crippen LogP contribution in [0, 0.1) is 0 Å². The van der Waals surface area contributed by atoms with E-state index in [4.69, 9.17) is 14.0 Å². The predicted octanol–water partition coefficient (Wildman–Crippen LogP) is 1.41. The summed E-state index contributed by atoms with van der Waals surface area (Å²) in [7, 11) is 3.46. The van der Waals surface area contributed by atoms with Gasteiger partial charge in [-0.25, -0.2) is 0 Å². The van der Waals surface area contributed by atoms with Gasteiger partial charge in [0.2, 0.25) is 0 Å². The second-order valence-corrected chi connectivity index (χ2v) is 5.56. The molecular weight excluding hydrogens is 270 g/mol. The van der Waals surface area contributed by atoms with Gasteiger partial charge < -0.3 is 19.3 Å². The van der Waals surface area contributed by atoms with Crippen molar-refractivity contribution in [3.05, 3.63) is 17.5 Å². The van der Waals surface area contributed by atoms with E-state index >= 15 is 0 Å². The number of rotatable bonds is 12. The topological polar surface area (TPSA) is 59.8 Å². The van der Waals surface area contributed by atoms with Crippen molar-refractivity contribution in [2.24, 2.45) is 0 Å². The van der Waals surface area contributed by atoms with Gasteiger partial charge in [0, 0.05) is 52.6 Å². The molecule has 120 valence electrons. The minimum atomic E-state index is 0.692. The van der Waals surface area contributed by atoms with E-state index in [1.54, 1.807) is 14.2 Å².